The van der Waals surface area contributed by atoms with Crippen LogP contribution in [0, 0.1) is 0 Å². The molecule has 6 nitrogen and oxygen atoms in total. The summed E-state index contributed by atoms with van der Waals surface area (Å²) >= 11 is 3.22. The first-order chi connectivity index (χ1) is 10.2. The minimum atomic E-state index is -0.541. The van der Waals surface area contributed by atoms with Crippen LogP contribution in [-0.4, -0.2) is 29.3 Å². The number of aromatic hydroxyl groups is 1. The standard InChI is InChI=1S/C15H21BrN2O4/c1-15(2,3)22-14(21)17-8-4-5-13(20)18-11-7-6-10(16)9-12(11)19/h6-7,9,19H,4-5,8H2,1-3H3,(H,17,21)(H,18,20). The van der Waals surface area contributed by atoms with E-state index < -0.39 is 11.7 Å². The number of phenols is 1. The molecule has 7 heteroatoms. The first-order valence-corrected chi connectivity index (χ1v) is 7.72. The molecule has 1 rings (SSSR count). The van der Waals surface area contributed by atoms with Gasteiger partial charge in [-0.05, 0) is 45.4 Å². The molecular weight excluding hydrogens is 352 g/mol. The van der Waals surface area contributed by atoms with Crippen molar-refractivity contribution in [3.8, 4) is 5.75 Å². The molecule has 3 N–H and O–H groups in total. The fraction of sp³-hybridized carbons (Fsp3) is 0.467. The molecule has 122 valence electrons. The zero-order chi connectivity index (χ0) is 16.8. The van der Waals surface area contributed by atoms with Crippen LogP contribution in [0.1, 0.15) is 33.6 Å². The number of carbonyl (C=O) groups excluding carboxylic acids is 2. The summed E-state index contributed by atoms with van der Waals surface area (Å²) in [6, 6.07) is 4.83. The molecule has 1 aromatic rings. The number of rotatable bonds is 5. The molecular formula is C15H21BrN2O4. The third kappa shape index (κ3) is 7.31. The van der Waals surface area contributed by atoms with E-state index in [0.29, 0.717) is 18.7 Å². The summed E-state index contributed by atoms with van der Waals surface area (Å²) in [5, 5.41) is 14.9. The SMILES string of the molecule is CC(C)(C)OC(=O)NCCCC(=O)Nc1ccc(Br)cc1O. The van der Waals surface area contributed by atoms with Crippen LogP contribution >= 0.6 is 15.9 Å². The van der Waals surface area contributed by atoms with E-state index in [1.807, 2.05) is 0 Å². The van der Waals surface area contributed by atoms with Crippen molar-refractivity contribution in [2.24, 2.45) is 0 Å². The normalized spacial score (nSPS) is 10.9. The Morgan fingerprint density at radius 1 is 1.32 bits per heavy atom. The molecule has 0 aliphatic rings. The molecule has 0 radical (unpaired) electrons. The first-order valence-electron chi connectivity index (χ1n) is 6.92. The molecule has 0 spiro atoms. The van der Waals surface area contributed by atoms with Crippen molar-refractivity contribution in [2.45, 2.75) is 39.2 Å². The van der Waals surface area contributed by atoms with E-state index in [-0.39, 0.29) is 18.1 Å². The van der Waals surface area contributed by atoms with Gasteiger partial charge < -0.3 is 20.5 Å². The second-order valence-electron chi connectivity index (χ2n) is 5.74. The van der Waals surface area contributed by atoms with Gasteiger partial charge in [0.15, 0.2) is 0 Å². The van der Waals surface area contributed by atoms with Crippen LogP contribution in [0.15, 0.2) is 22.7 Å². The topological polar surface area (TPSA) is 87.7 Å². The number of phenolic OH excluding ortho intramolecular Hbond substituents is 1. The number of benzene rings is 1. The van der Waals surface area contributed by atoms with E-state index >= 15 is 0 Å². The molecule has 0 saturated heterocycles. The lowest BCUT2D eigenvalue weighted by Crippen LogP contribution is -2.33. The van der Waals surface area contributed by atoms with Gasteiger partial charge in [0.05, 0.1) is 5.69 Å². The van der Waals surface area contributed by atoms with Gasteiger partial charge in [0.25, 0.3) is 0 Å². The van der Waals surface area contributed by atoms with Crippen molar-refractivity contribution >= 4 is 33.6 Å². The van der Waals surface area contributed by atoms with Gasteiger partial charge in [-0.2, -0.15) is 0 Å². The van der Waals surface area contributed by atoms with Crippen LogP contribution in [0.3, 0.4) is 0 Å². The maximum Gasteiger partial charge on any atom is 0.407 e. The first kappa shape index (κ1) is 18.3. The fourth-order valence-electron chi connectivity index (χ4n) is 1.58. The quantitative estimate of drug-likeness (QED) is 0.545. The van der Waals surface area contributed by atoms with Crippen LogP contribution < -0.4 is 10.6 Å². The molecule has 0 aliphatic heterocycles. The van der Waals surface area contributed by atoms with E-state index in [1.165, 1.54) is 6.07 Å². The van der Waals surface area contributed by atoms with Gasteiger partial charge in [0, 0.05) is 17.4 Å². The Bertz CT molecular complexity index is 541. The van der Waals surface area contributed by atoms with Gasteiger partial charge in [-0.1, -0.05) is 15.9 Å². The number of amides is 2. The summed E-state index contributed by atoms with van der Waals surface area (Å²) in [6.07, 6.45) is 0.201. The van der Waals surface area contributed by atoms with E-state index in [2.05, 4.69) is 26.6 Å². The number of ether oxygens (including phenoxy) is 1. The van der Waals surface area contributed by atoms with Gasteiger partial charge in [-0.15, -0.1) is 0 Å². The van der Waals surface area contributed by atoms with Crippen molar-refractivity contribution in [1.82, 2.24) is 5.32 Å². The number of nitrogens with one attached hydrogen (secondary N) is 2. The van der Waals surface area contributed by atoms with E-state index in [1.54, 1.807) is 32.9 Å². The summed E-state index contributed by atoms with van der Waals surface area (Å²) in [5.74, 6) is -0.238. The summed E-state index contributed by atoms with van der Waals surface area (Å²) in [7, 11) is 0. The zero-order valence-corrected chi connectivity index (χ0v) is 14.5. The van der Waals surface area contributed by atoms with Crippen molar-refractivity contribution in [2.75, 3.05) is 11.9 Å². The van der Waals surface area contributed by atoms with Crippen LogP contribution in [-0.2, 0) is 9.53 Å². The monoisotopic (exact) mass is 372 g/mol. The van der Waals surface area contributed by atoms with Crippen LogP contribution in [0.2, 0.25) is 0 Å². The predicted molar refractivity (Wildman–Crippen MR) is 87.9 cm³/mol. The van der Waals surface area contributed by atoms with Crippen molar-refractivity contribution in [3.05, 3.63) is 22.7 Å². The molecule has 0 saturated carbocycles. The van der Waals surface area contributed by atoms with Gasteiger partial charge >= 0.3 is 6.09 Å². The lowest BCUT2D eigenvalue weighted by atomic mass is 10.2. The molecule has 0 aromatic heterocycles. The number of alkyl carbamates (subject to hydrolysis) is 1. The van der Waals surface area contributed by atoms with Crippen molar-refractivity contribution in [3.63, 3.8) is 0 Å². The molecule has 0 fully saturated rings. The highest BCUT2D eigenvalue weighted by Crippen LogP contribution is 2.26. The Kier molecular flexibility index (Phi) is 6.67. The average molecular weight is 373 g/mol. The van der Waals surface area contributed by atoms with Gasteiger partial charge in [0.1, 0.15) is 11.4 Å². The number of hydrogen-bond acceptors (Lipinski definition) is 4. The van der Waals surface area contributed by atoms with Gasteiger partial charge in [0.2, 0.25) is 5.91 Å². The highest BCUT2D eigenvalue weighted by Gasteiger charge is 2.15. The zero-order valence-electron chi connectivity index (χ0n) is 12.9. The molecule has 0 aliphatic carbocycles. The summed E-state index contributed by atoms with van der Waals surface area (Å²) < 4.78 is 5.81. The van der Waals surface area contributed by atoms with Gasteiger partial charge in [-0.25, -0.2) is 4.79 Å². The number of anilines is 1. The van der Waals surface area contributed by atoms with Crippen molar-refractivity contribution in [1.29, 1.82) is 0 Å². The average Bonchev–Trinajstić information content (AvgIpc) is 2.36. The maximum atomic E-state index is 11.7. The highest BCUT2D eigenvalue weighted by molar-refractivity contribution is 9.10. The molecule has 0 atom stereocenters. The summed E-state index contributed by atoms with van der Waals surface area (Å²) in [6.45, 7) is 5.69. The molecule has 0 bridgehead atoms. The van der Waals surface area contributed by atoms with Crippen LogP contribution in [0.4, 0.5) is 10.5 Å². The van der Waals surface area contributed by atoms with E-state index in [9.17, 15) is 14.7 Å². The lowest BCUT2D eigenvalue weighted by Gasteiger charge is -2.19. The Morgan fingerprint density at radius 3 is 2.59 bits per heavy atom. The molecule has 2 amide bonds. The molecule has 1 aromatic carbocycles. The number of hydrogen-bond donors (Lipinski definition) is 3. The second kappa shape index (κ2) is 8.03. The Hall–Kier alpha value is -1.76. The van der Waals surface area contributed by atoms with E-state index in [4.69, 9.17) is 4.74 Å². The van der Waals surface area contributed by atoms with Gasteiger partial charge in [-0.3, -0.25) is 4.79 Å². The minimum absolute atomic E-state index is 0.00500. The minimum Gasteiger partial charge on any atom is -0.506 e. The molecule has 22 heavy (non-hydrogen) atoms. The lowest BCUT2D eigenvalue weighted by molar-refractivity contribution is -0.116. The summed E-state index contributed by atoms with van der Waals surface area (Å²) in [5.41, 5.74) is -0.186. The predicted octanol–water partition coefficient (Wildman–Crippen LogP) is 3.40. The number of carbonyl (C=O) groups is 2. The summed E-state index contributed by atoms with van der Waals surface area (Å²) in [4.78, 5) is 23.1. The van der Waals surface area contributed by atoms with Crippen LogP contribution in [0.25, 0.3) is 0 Å². The molecule has 0 unspecified atom stereocenters. The third-order valence-corrected chi connectivity index (χ3v) is 2.98. The van der Waals surface area contributed by atoms with Crippen LogP contribution in [0.5, 0.6) is 5.75 Å². The second-order valence-corrected chi connectivity index (χ2v) is 6.66. The Morgan fingerprint density at radius 2 is 2.00 bits per heavy atom. The fourth-order valence-corrected chi connectivity index (χ4v) is 1.93. The molecule has 0 heterocycles. The maximum absolute atomic E-state index is 11.7. The largest absolute Gasteiger partial charge is 0.506 e. The van der Waals surface area contributed by atoms with Crippen molar-refractivity contribution < 1.29 is 19.4 Å². The van der Waals surface area contributed by atoms with E-state index in [0.717, 1.165) is 4.47 Å². The Labute approximate surface area is 138 Å². The number of halogens is 1. The highest BCUT2D eigenvalue weighted by atomic mass is 79.9. The Balaban J connectivity index is 2.28. The third-order valence-electron chi connectivity index (χ3n) is 2.48. The smallest absolute Gasteiger partial charge is 0.407 e.